The van der Waals surface area contributed by atoms with Gasteiger partial charge in [-0.25, -0.2) is 0 Å². The third-order valence-electron chi connectivity index (χ3n) is 11.9. The smallest absolute Gasteiger partial charge is 0.306 e. The van der Waals surface area contributed by atoms with Crippen molar-refractivity contribution in [3.05, 3.63) is 122 Å². The van der Waals surface area contributed by atoms with Gasteiger partial charge in [0.05, 0.1) is 0 Å². The molecule has 0 aromatic rings. The van der Waals surface area contributed by atoms with E-state index in [-0.39, 0.29) is 37.5 Å². The molecule has 0 heterocycles. The molecule has 0 saturated carbocycles. The average molecular weight is 984 g/mol. The zero-order valence-electron chi connectivity index (χ0n) is 45.9. The molecule has 1 unspecified atom stereocenters. The highest BCUT2D eigenvalue weighted by atomic mass is 16.6. The van der Waals surface area contributed by atoms with Gasteiger partial charge in [-0.3, -0.25) is 14.4 Å². The molecular formula is C65H106O6. The van der Waals surface area contributed by atoms with Crippen molar-refractivity contribution in [3.63, 3.8) is 0 Å². The van der Waals surface area contributed by atoms with Crippen LogP contribution in [0.1, 0.15) is 252 Å². The molecule has 0 aromatic carbocycles. The predicted molar refractivity (Wildman–Crippen MR) is 306 cm³/mol. The van der Waals surface area contributed by atoms with Gasteiger partial charge in [-0.05, 0) is 122 Å². The fourth-order valence-electron chi connectivity index (χ4n) is 7.59. The Hall–Kier alpha value is -4.19. The summed E-state index contributed by atoms with van der Waals surface area (Å²) >= 11 is 0. The predicted octanol–water partition coefficient (Wildman–Crippen LogP) is 19.6. The average Bonchev–Trinajstić information content (AvgIpc) is 3.37. The van der Waals surface area contributed by atoms with Crippen molar-refractivity contribution in [2.24, 2.45) is 0 Å². The van der Waals surface area contributed by atoms with E-state index in [4.69, 9.17) is 14.2 Å². The lowest BCUT2D eigenvalue weighted by Crippen LogP contribution is -2.30. The molecule has 0 rings (SSSR count). The summed E-state index contributed by atoms with van der Waals surface area (Å²) in [5.41, 5.74) is 0. The van der Waals surface area contributed by atoms with E-state index in [2.05, 4.69) is 136 Å². The van der Waals surface area contributed by atoms with E-state index in [1.807, 2.05) is 6.08 Å². The number of unbranched alkanes of at least 4 members (excludes halogenated alkanes) is 20. The van der Waals surface area contributed by atoms with Gasteiger partial charge in [0, 0.05) is 19.3 Å². The first-order chi connectivity index (χ1) is 35.0. The third kappa shape index (κ3) is 56.6. The molecule has 0 aliphatic rings. The van der Waals surface area contributed by atoms with E-state index in [1.165, 1.54) is 96.3 Å². The minimum Gasteiger partial charge on any atom is -0.462 e. The highest BCUT2D eigenvalue weighted by molar-refractivity contribution is 5.71. The molecular weight excluding hydrogens is 877 g/mol. The van der Waals surface area contributed by atoms with Crippen LogP contribution in [0, 0.1) is 0 Å². The number of carbonyl (C=O) groups is 3. The van der Waals surface area contributed by atoms with Crippen molar-refractivity contribution in [1.29, 1.82) is 0 Å². The molecule has 6 nitrogen and oxygen atoms in total. The zero-order valence-corrected chi connectivity index (χ0v) is 45.9. The van der Waals surface area contributed by atoms with Crippen molar-refractivity contribution in [2.45, 2.75) is 258 Å². The van der Waals surface area contributed by atoms with Crippen LogP contribution in [0.4, 0.5) is 0 Å². The molecule has 0 saturated heterocycles. The molecule has 0 radical (unpaired) electrons. The maximum absolute atomic E-state index is 12.9. The summed E-state index contributed by atoms with van der Waals surface area (Å²) in [5.74, 6) is -1.02. The number of rotatable bonds is 51. The fraction of sp³-hybridized carbons (Fsp3) is 0.646. The van der Waals surface area contributed by atoms with Gasteiger partial charge in [0.2, 0.25) is 0 Å². The summed E-state index contributed by atoms with van der Waals surface area (Å²) in [6.07, 6.45) is 80.5. The van der Waals surface area contributed by atoms with E-state index in [9.17, 15) is 14.4 Å². The summed E-state index contributed by atoms with van der Waals surface area (Å²) in [6.45, 7) is 6.39. The van der Waals surface area contributed by atoms with Crippen molar-refractivity contribution >= 4 is 17.9 Å². The van der Waals surface area contributed by atoms with Crippen LogP contribution in [0.15, 0.2) is 122 Å². The molecule has 0 bridgehead atoms. The number of allylic oxidation sites excluding steroid dienone is 20. The van der Waals surface area contributed by atoms with Crippen LogP contribution < -0.4 is 0 Å². The Kier molecular flexibility index (Phi) is 54.9. The first kappa shape index (κ1) is 66.8. The lowest BCUT2D eigenvalue weighted by atomic mass is 10.1. The topological polar surface area (TPSA) is 78.9 Å². The Morgan fingerprint density at radius 3 is 0.944 bits per heavy atom. The largest absolute Gasteiger partial charge is 0.462 e. The van der Waals surface area contributed by atoms with Crippen LogP contribution in [0.5, 0.6) is 0 Å². The molecule has 402 valence electrons. The molecule has 1 atom stereocenters. The van der Waals surface area contributed by atoms with E-state index in [0.29, 0.717) is 19.3 Å². The number of hydrogen-bond acceptors (Lipinski definition) is 6. The SMILES string of the molecule is CC/C=C\C/C=C\C/C=C\C/C=C\C/C=C\C/C=C\CCC(=O)OCC(COC(=O)CCCCCCC/C=C\C/C=C\CCCCC)OC(=O)CCCCCCCCCCC/C=C\C/C=C\CCCCC. The molecule has 0 aromatic heterocycles. The zero-order chi connectivity index (χ0) is 51.4. The second-order valence-electron chi connectivity index (χ2n) is 18.8. The Morgan fingerprint density at radius 1 is 0.296 bits per heavy atom. The van der Waals surface area contributed by atoms with Crippen LogP contribution in [-0.2, 0) is 28.6 Å². The summed E-state index contributed by atoms with van der Waals surface area (Å²) in [6, 6.07) is 0. The molecule has 0 amide bonds. The highest BCUT2D eigenvalue weighted by Crippen LogP contribution is 2.14. The van der Waals surface area contributed by atoms with Crippen LogP contribution in [0.2, 0.25) is 0 Å². The number of hydrogen-bond donors (Lipinski definition) is 0. The van der Waals surface area contributed by atoms with E-state index >= 15 is 0 Å². The van der Waals surface area contributed by atoms with Gasteiger partial charge in [-0.2, -0.15) is 0 Å². The monoisotopic (exact) mass is 983 g/mol. The molecule has 0 spiro atoms. The van der Waals surface area contributed by atoms with Crippen molar-refractivity contribution < 1.29 is 28.6 Å². The summed E-state index contributed by atoms with van der Waals surface area (Å²) in [5, 5.41) is 0. The first-order valence-corrected chi connectivity index (χ1v) is 29.0. The quantitative estimate of drug-likeness (QED) is 0.0261. The first-order valence-electron chi connectivity index (χ1n) is 29.0. The lowest BCUT2D eigenvalue weighted by molar-refractivity contribution is -0.166. The molecule has 0 fully saturated rings. The van der Waals surface area contributed by atoms with E-state index in [1.54, 1.807) is 0 Å². The van der Waals surface area contributed by atoms with Gasteiger partial charge in [-0.15, -0.1) is 0 Å². The van der Waals surface area contributed by atoms with Crippen LogP contribution in [0.25, 0.3) is 0 Å². The Labute approximate surface area is 437 Å². The van der Waals surface area contributed by atoms with Crippen molar-refractivity contribution in [1.82, 2.24) is 0 Å². The van der Waals surface area contributed by atoms with E-state index in [0.717, 1.165) is 109 Å². The van der Waals surface area contributed by atoms with Crippen molar-refractivity contribution in [2.75, 3.05) is 13.2 Å². The minimum absolute atomic E-state index is 0.113. The fourth-order valence-corrected chi connectivity index (χ4v) is 7.59. The molecule has 0 aliphatic carbocycles. The van der Waals surface area contributed by atoms with Gasteiger partial charge in [0.1, 0.15) is 13.2 Å². The molecule has 71 heavy (non-hydrogen) atoms. The molecule has 6 heteroatoms. The summed E-state index contributed by atoms with van der Waals surface area (Å²) < 4.78 is 16.8. The van der Waals surface area contributed by atoms with Gasteiger partial charge < -0.3 is 14.2 Å². The third-order valence-corrected chi connectivity index (χ3v) is 11.9. The van der Waals surface area contributed by atoms with Crippen molar-refractivity contribution in [3.8, 4) is 0 Å². The number of ether oxygens (including phenoxy) is 3. The van der Waals surface area contributed by atoms with Gasteiger partial charge in [0.15, 0.2) is 6.10 Å². The normalized spacial score (nSPS) is 13.0. The number of esters is 3. The Morgan fingerprint density at radius 2 is 0.577 bits per heavy atom. The second-order valence-corrected chi connectivity index (χ2v) is 18.8. The van der Waals surface area contributed by atoms with Gasteiger partial charge >= 0.3 is 17.9 Å². The molecule has 0 aliphatic heterocycles. The van der Waals surface area contributed by atoms with Gasteiger partial charge in [-0.1, -0.05) is 232 Å². The van der Waals surface area contributed by atoms with Crippen LogP contribution in [-0.4, -0.2) is 37.2 Å². The van der Waals surface area contributed by atoms with E-state index < -0.39 is 6.10 Å². The lowest BCUT2D eigenvalue weighted by Gasteiger charge is -2.18. The Balaban J connectivity index is 4.53. The number of carbonyl (C=O) groups excluding carboxylic acids is 3. The maximum Gasteiger partial charge on any atom is 0.306 e. The van der Waals surface area contributed by atoms with Crippen LogP contribution in [0.3, 0.4) is 0 Å². The second kappa shape index (κ2) is 58.4. The van der Waals surface area contributed by atoms with Gasteiger partial charge in [0.25, 0.3) is 0 Å². The summed E-state index contributed by atoms with van der Waals surface area (Å²) in [4.78, 5) is 38.2. The summed E-state index contributed by atoms with van der Waals surface area (Å²) in [7, 11) is 0. The highest BCUT2D eigenvalue weighted by Gasteiger charge is 2.19. The minimum atomic E-state index is -0.821. The molecule has 0 N–H and O–H groups in total. The standard InChI is InChI=1S/C65H106O6/c1-4-7-10-13-16-19-22-25-28-30-32-34-37-40-43-46-49-52-55-58-64(67)70-61-62(60-69-63(66)57-54-51-48-45-42-39-36-27-24-21-18-15-12-9-6-3)71-65(68)59-56-53-50-47-44-41-38-35-33-31-29-26-23-20-17-14-11-8-5-2/h7,10,16-21,25-29,32,34,36,40,43,49,52,62H,4-6,8-9,11-15,22-24,30-31,33,35,37-39,41-42,44-48,50-51,53-61H2,1-3H3/b10-7-,19-16-,20-17-,21-18-,28-25-,29-26-,34-32-,36-27-,43-40-,52-49-. The maximum atomic E-state index is 12.9. The Bertz CT molecular complexity index is 1500. The van der Waals surface area contributed by atoms with Crippen LogP contribution >= 0.6 is 0 Å².